The second-order valence-electron chi connectivity index (χ2n) is 2.48. The highest BCUT2D eigenvalue weighted by molar-refractivity contribution is 5.60. The van der Waals surface area contributed by atoms with Gasteiger partial charge in [0.15, 0.2) is 0 Å². The molecule has 5 heteroatoms. The Kier molecular flexibility index (Phi) is 13.6. The van der Waals surface area contributed by atoms with Crippen molar-refractivity contribution < 1.29 is 24.5 Å². The summed E-state index contributed by atoms with van der Waals surface area (Å²) in [5.74, 6) is 0. The molecule has 1 atom stereocenters. The summed E-state index contributed by atoms with van der Waals surface area (Å²) >= 11 is 0. The van der Waals surface area contributed by atoms with Crippen LogP contribution in [0.4, 0.5) is 4.79 Å². The molecule has 0 aromatic carbocycles. The Balaban J connectivity index is 0. The zero-order valence-corrected chi connectivity index (χ0v) is 8.89. The van der Waals surface area contributed by atoms with Gasteiger partial charge in [0.25, 0.3) is 0 Å². The van der Waals surface area contributed by atoms with Gasteiger partial charge < -0.3 is 19.7 Å². The third-order valence-corrected chi connectivity index (χ3v) is 0.902. The molecule has 0 radical (unpaired) electrons. The molecule has 0 heterocycles. The van der Waals surface area contributed by atoms with Gasteiger partial charge in [-0.15, -0.1) is 0 Å². The maximum Gasteiger partial charge on any atom is 0.508 e. The molecule has 2 N–H and O–H groups in total. The van der Waals surface area contributed by atoms with Gasteiger partial charge in [-0.25, -0.2) is 4.79 Å². The predicted molar refractivity (Wildman–Crippen MR) is 56.5 cm³/mol. The lowest BCUT2D eigenvalue weighted by atomic mass is 10.5. The van der Waals surface area contributed by atoms with Crippen molar-refractivity contribution in [1.29, 1.82) is 0 Å². The molecule has 15 heavy (non-hydrogen) atoms. The van der Waals surface area contributed by atoms with Crippen molar-refractivity contribution in [2.75, 3.05) is 19.8 Å². The summed E-state index contributed by atoms with van der Waals surface area (Å²) in [6, 6.07) is 0. The number of carbonyl (C=O) groups is 1. The van der Waals surface area contributed by atoms with Crippen molar-refractivity contribution in [3.8, 4) is 0 Å². The number of hydrogen-bond acceptors (Lipinski definition) is 5. The maximum absolute atomic E-state index is 10.4. The Morgan fingerprint density at radius 1 is 1.33 bits per heavy atom. The first-order chi connectivity index (χ1) is 7.08. The molecule has 88 valence electrons. The van der Waals surface area contributed by atoms with Crippen LogP contribution in [0.3, 0.4) is 0 Å². The van der Waals surface area contributed by atoms with Gasteiger partial charge in [0.2, 0.25) is 0 Å². The fourth-order valence-electron chi connectivity index (χ4n) is 0.296. The highest BCUT2D eigenvalue weighted by Crippen LogP contribution is 1.84. The van der Waals surface area contributed by atoms with Crippen LogP contribution in [-0.4, -0.2) is 42.3 Å². The van der Waals surface area contributed by atoms with E-state index in [-0.39, 0.29) is 19.8 Å². The van der Waals surface area contributed by atoms with Gasteiger partial charge in [-0.05, 0) is 6.92 Å². The Hall–Kier alpha value is -1.33. The lowest BCUT2D eigenvalue weighted by molar-refractivity contribution is 0.0718. The summed E-state index contributed by atoms with van der Waals surface area (Å²) in [6.07, 6.45) is 1.68. The Bertz CT molecular complexity index is 163. The van der Waals surface area contributed by atoms with Crippen molar-refractivity contribution in [3.63, 3.8) is 0 Å². The normalized spacial score (nSPS) is 10.3. The highest BCUT2D eigenvalue weighted by atomic mass is 16.7. The summed E-state index contributed by atoms with van der Waals surface area (Å²) in [5, 5.41) is 16.0. The monoisotopic (exact) mass is 218 g/mol. The van der Waals surface area contributed by atoms with Crippen LogP contribution in [0.25, 0.3) is 0 Å². The third kappa shape index (κ3) is 19.2. The van der Waals surface area contributed by atoms with E-state index >= 15 is 0 Å². The van der Waals surface area contributed by atoms with E-state index in [9.17, 15) is 4.79 Å². The van der Waals surface area contributed by atoms with E-state index in [1.54, 1.807) is 0 Å². The van der Waals surface area contributed by atoms with Crippen LogP contribution in [-0.2, 0) is 9.47 Å². The van der Waals surface area contributed by atoms with Crippen molar-refractivity contribution in [1.82, 2.24) is 0 Å². The molecule has 0 amide bonds. The Labute approximate surface area is 89.6 Å². The number of aliphatic hydroxyl groups is 2. The van der Waals surface area contributed by atoms with Crippen LogP contribution in [0.5, 0.6) is 0 Å². The number of rotatable bonds is 5. The quantitative estimate of drug-likeness (QED) is 0.529. The maximum atomic E-state index is 10.4. The first kappa shape index (κ1) is 16.1. The van der Waals surface area contributed by atoms with E-state index < -0.39 is 12.3 Å². The molecular weight excluding hydrogens is 200 g/mol. The lowest BCUT2D eigenvalue weighted by Crippen LogP contribution is -2.06. The minimum atomic E-state index is -0.695. The second-order valence-corrected chi connectivity index (χ2v) is 2.48. The van der Waals surface area contributed by atoms with Crippen LogP contribution in [0.1, 0.15) is 6.92 Å². The average Bonchev–Trinajstić information content (AvgIpc) is 2.24. The SMILES string of the molecule is C=CCOC(=O)OCC=C.CC(O)CO. The third-order valence-electron chi connectivity index (χ3n) is 0.902. The second kappa shape index (κ2) is 12.7. The Morgan fingerprint density at radius 3 is 1.87 bits per heavy atom. The molecule has 5 nitrogen and oxygen atoms in total. The molecule has 0 spiro atoms. The van der Waals surface area contributed by atoms with E-state index in [2.05, 4.69) is 22.6 Å². The molecule has 0 fully saturated rings. The summed E-state index contributed by atoms with van der Waals surface area (Å²) in [7, 11) is 0. The van der Waals surface area contributed by atoms with Gasteiger partial charge >= 0.3 is 6.16 Å². The first-order valence-corrected chi connectivity index (χ1v) is 4.38. The van der Waals surface area contributed by atoms with Gasteiger partial charge in [0, 0.05) is 0 Å². The molecule has 0 aliphatic carbocycles. The van der Waals surface area contributed by atoms with Gasteiger partial charge in [0.1, 0.15) is 13.2 Å². The molecule has 0 saturated carbocycles. The molecule has 0 aliphatic heterocycles. The van der Waals surface area contributed by atoms with Gasteiger partial charge in [-0.3, -0.25) is 0 Å². The molecule has 0 aliphatic rings. The summed E-state index contributed by atoms with van der Waals surface area (Å²) in [4.78, 5) is 10.4. The molecular formula is C10H18O5. The molecule has 0 aromatic heterocycles. The highest BCUT2D eigenvalue weighted by Gasteiger charge is 1.97. The van der Waals surface area contributed by atoms with Gasteiger partial charge in [-0.1, -0.05) is 25.3 Å². The van der Waals surface area contributed by atoms with Crippen LogP contribution >= 0.6 is 0 Å². The predicted octanol–water partition coefficient (Wildman–Crippen LogP) is 0.871. The Morgan fingerprint density at radius 2 is 1.67 bits per heavy atom. The average molecular weight is 218 g/mol. The molecule has 0 bridgehead atoms. The summed E-state index contributed by atoms with van der Waals surface area (Å²) < 4.78 is 8.93. The van der Waals surface area contributed by atoms with Crippen molar-refractivity contribution in [2.24, 2.45) is 0 Å². The van der Waals surface area contributed by atoms with Gasteiger partial charge in [0.05, 0.1) is 12.7 Å². The standard InChI is InChI=1S/C7H10O3.C3H8O2/c1-3-5-9-7(8)10-6-4-2;1-3(5)2-4/h3-4H,1-2,5-6H2;3-5H,2H2,1H3. The van der Waals surface area contributed by atoms with E-state index in [4.69, 9.17) is 10.2 Å². The minimum Gasteiger partial charge on any atom is -0.430 e. The summed E-state index contributed by atoms with van der Waals surface area (Å²) in [6.45, 7) is 8.46. The number of ether oxygens (including phenoxy) is 2. The van der Waals surface area contributed by atoms with E-state index in [0.717, 1.165) is 0 Å². The van der Waals surface area contributed by atoms with Crippen molar-refractivity contribution in [3.05, 3.63) is 25.3 Å². The van der Waals surface area contributed by atoms with Crippen LogP contribution in [0.2, 0.25) is 0 Å². The molecule has 0 aromatic rings. The van der Waals surface area contributed by atoms with Crippen molar-refractivity contribution in [2.45, 2.75) is 13.0 Å². The minimum absolute atomic E-state index is 0.139. The number of carbonyl (C=O) groups excluding carboxylic acids is 1. The fourth-order valence-corrected chi connectivity index (χ4v) is 0.296. The van der Waals surface area contributed by atoms with Gasteiger partial charge in [-0.2, -0.15) is 0 Å². The van der Waals surface area contributed by atoms with E-state index in [1.165, 1.54) is 19.1 Å². The summed E-state index contributed by atoms with van der Waals surface area (Å²) in [5.41, 5.74) is 0. The van der Waals surface area contributed by atoms with Crippen LogP contribution in [0.15, 0.2) is 25.3 Å². The van der Waals surface area contributed by atoms with Crippen molar-refractivity contribution >= 4 is 6.16 Å². The zero-order valence-electron chi connectivity index (χ0n) is 8.89. The first-order valence-electron chi connectivity index (χ1n) is 4.38. The van der Waals surface area contributed by atoms with E-state index in [0.29, 0.717) is 0 Å². The molecule has 0 saturated heterocycles. The smallest absolute Gasteiger partial charge is 0.430 e. The van der Waals surface area contributed by atoms with Crippen LogP contribution in [0, 0.1) is 0 Å². The largest absolute Gasteiger partial charge is 0.508 e. The number of aliphatic hydroxyl groups excluding tert-OH is 2. The topological polar surface area (TPSA) is 76.0 Å². The molecule has 1 unspecified atom stereocenters. The fraction of sp³-hybridized carbons (Fsp3) is 0.500. The van der Waals surface area contributed by atoms with Crippen LogP contribution < -0.4 is 0 Å². The number of hydrogen-bond donors (Lipinski definition) is 2. The molecule has 0 rings (SSSR count). The zero-order chi connectivity index (χ0) is 12.1. The lowest BCUT2D eigenvalue weighted by Gasteiger charge is -1.99. The van der Waals surface area contributed by atoms with E-state index in [1.807, 2.05) is 0 Å².